The zero-order valence-corrected chi connectivity index (χ0v) is 12.1. The first-order valence-electron chi connectivity index (χ1n) is 6.86. The number of nitrogens with two attached hydrogens (primary N) is 1. The maximum absolute atomic E-state index is 13.4. The van der Waals surface area contributed by atoms with E-state index in [1.165, 1.54) is 6.07 Å². The highest BCUT2D eigenvalue weighted by Crippen LogP contribution is 2.21. The summed E-state index contributed by atoms with van der Waals surface area (Å²) in [6, 6.07) is 6.50. The molecule has 0 aliphatic heterocycles. The molecular formula is C15H19FN4O. The van der Waals surface area contributed by atoms with Crippen molar-refractivity contribution in [2.75, 3.05) is 12.3 Å². The van der Waals surface area contributed by atoms with Crippen molar-refractivity contribution in [3.63, 3.8) is 0 Å². The number of rotatable bonds is 5. The molecule has 1 heterocycles. The Morgan fingerprint density at radius 1 is 1.43 bits per heavy atom. The number of anilines is 1. The summed E-state index contributed by atoms with van der Waals surface area (Å²) in [5.41, 5.74) is 7.76. The van der Waals surface area contributed by atoms with Crippen molar-refractivity contribution >= 4 is 11.6 Å². The molecule has 0 aliphatic carbocycles. The molecule has 5 nitrogen and oxygen atoms in total. The number of carbonyl (C=O) groups excluding carboxylic acids is 1. The third-order valence-electron chi connectivity index (χ3n) is 3.26. The molecular weight excluding hydrogens is 271 g/mol. The van der Waals surface area contributed by atoms with Crippen LogP contribution in [0.4, 0.5) is 10.1 Å². The Morgan fingerprint density at radius 3 is 2.76 bits per heavy atom. The summed E-state index contributed by atoms with van der Waals surface area (Å²) in [6.07, 6.45) is 0.416. The summed E-state index contributed by atoms with van der Waals surface area (Å²) in [6.45, 7) is 4.25. The molecule has 0 atom stereocenters. The van der Waals surface area contributed by atoms with E-state index in [0.717, 1.165) is 5.69 Å². The van der Waals surface area contributed by atoms with E-state index in [0.29, 0.717) is 24.2 Å². The highest BCUT2D eigenvalue weighted by molar-refractivity contribution is 5.97. The largest absolute Gasteiger partial charge is 0.395 e. The molecule has 112 valence electrons. The fourth-order valence-electron chi connectivity index (χ4n) is 2.07. The van der Waals surface area contributed by atoms with E-state index in [4.69, 9.17) is 5.73 Å². The van der Waals surface area contributed by atoms with Gasteiger partial charge in [-0.05, 0) is 24.0 Å². The average Bonchev–Trinajstić information content (AvgIpc) is 2.83. The summed E-state index contributed by atoms with van der Waals surface area (Å²) in [7, 11) is 0. The molecule has 0 fully saturated rings. The van der Waals surface area contributed by atoms with Gasteiger partial charge >= 0.3 is 0 Å². The second-order valence-corrected chi connectivity index (χ2v) is 5.15. The van der Waals surface area contributed by atoms with Crippen LogP contribution in [0.5, 0.6) is 0 Å². The smallest absolute Gasteiger partial charge is 0.273 e. The molecule has 1 amide bonds. The van der Waals surface area contributed by atoms with Crippen LogP contribution in [0.2, 0.25) is 0 Å². The van der Waals surface area contributed by atoms with Crippen molar-refractivity contribution in [1.82, 2.24) is 15.5 Å². The van der Waals surface area contributed by atoms with Crippen molar-refractivity contribution in [2.45, 2.75) is 26.2 Å². The van der Waals surface area contributed by atoms with E-state index in [2.05, 4.69) is 15.5 Å². The van der Waals surface area contributed by atoms with Gasteiger partial charge in [0.25, 0.3) is 5.91 Å². The molecule has 21 heavy (non-hydrogen) atoms. The Balaban J connectivity index is 1.95. The maximum Gasteiger partial charge on any atom is 0.273 e. The summed E-state index contributed by atoms with van der Waals surface area (Å²) < 4.78 is 13.4. The van der Waals surface area contributed by atoms with E-state index < -0.39 is 0 Å². The second kappa shape index (κ2) is 6.39. The van der Waals surface area contributed by atoms with Gasteiger partial charge < -0.3 is 11.1 Å². The van der Waals surface area contributed by atoms with Crippen molar-refractivity contribution in [3.05, 3.63) is 47.0 Å². The van der Waals surface area contributed by atoms with Crippen LogP contribution in [0.15, 0.2) is 24.3 Å². The zero-order valence-electron chi connectivity index (χ0n) is 12.1. The van der Waals surface area contributed by atoms with Gasteiger partial charge in [0.05, 0.1) is 11.4 Å². The molecule has 0 aliphatic rings. The zero-order chi connectivity index (χ0) is 15.4. The van der Waals surface area contributed by atoms with Crippen LogP contribution in [-0.2, 0) is 6.42 Å². The van der Waals surface area contributed by atoms with E-state index in [1.54, 1.807) is 18.2 Å². The molecule has 0 bridgehead atoms. The van der Waals surface area contributed by atoms with Crippen molar-refractivity contribution in [2.24, 2.45) is 0 Å². The first kappa shape index (κ1) is 15.0. The summed E-state index contributed by atoms with van der Waals surface area (Å²) >= 11 is 0. The van der Waals surface area contributed by atoms with Gasteiger partial charge in [-0.1, -0.05) is 32.0 Å². The molecule has 0 saturated heterocycles. The number of hydrogen-bond donors (Lipinski definition) is 3. The molecule has 4 N–H and O–H groups in total. The van der Waals surface area contributed by atoms with Crippen molar-refractivity contribution < 1.29 is 9.18 Å². The third kappa shape index (κ3) is 3.39. The number of nitrogens with zero attached hydrogens (tertiary/aromatic N) is 1. The van der Waals surface area contributed by atoms with Crippen LogP contribution in [0.3, 0.4) is 0 Å². The summed E-state index contributed by atoms with van der Waals surface area (Å²) in [5.74, 6) is -0.461. The molecule has 1 aromatic carbocycles. The van der Waals surface area contributed by atoms with Gasteiger partial charge in [0, 0.05) is 6.54 Å². The highest BCUT2D eigenvalue weighted by atomic mass is 19.1. The quantitative estimate of drug-likeness (QED) is 0.789. The number of nitrogens with one attached hydrogen (secondary N) is 2. The first-order valence-corrected chi connectivity index (χ1v) is 6.86. The van der Waals surface area contributed by atoms with Gasteiger partial charge in [-0.2, -0.15) is 5.10 Å². The highest BCUT2D eigenvalue weighted by Gasteiger charge is 2.18. The minimum atomic E-state index is -0.355. The molecule has 0 spiro atoms. The minimum Gasteiger partial charge on any atom is -0.395 e. The number of aromatic amines is 1. The van der Waals surface area contributed by atoms with Crippen LogP contribution >= 0.6 is 0 Å². The molecule has 2 aromatic rings. The normalized spacial score (nSPS) is 10.9. The monoisotopic (exact) mass is 290 g/mol. The molecule has 6 heteroatoms. The minimum absolute atomic E-state index is 0.164. The van der Waals surface area contributed by atoms with Crippen LogP contribution in [-0.4, -0.2) is 22.6 Å². The van der Waals surface area contributed by atoms with E-state index in [1.807, 2.05) is 13.8 Å². The van der Waals surface area contributed by atoms with Crippen LogP contribution in [0.25, 0.3) is 0 Å². The SMILES string of the molecule is CC(C)c1[nH]nc(C(=O)NCCc2ccccc2F)c1N. The van der Waals surface area contributed by atoms with Gasteiger partial charge in [-0.25, -0.2) is 4.39 Å². The summed E-state index contributed by atoms with van der Waals surface area (Å²) in [4.78, 5) is 12.0. The van der Waals surface area contributed by atoms with Crippen molar-refractivity contribution in [3.8, 4) is 0 Å². The van der Waals surface area contributed by atoms with Gasteiger partial charge in [0.2, 0.25) is 0 Å². The Hall–Kier alpha value is -2.37. The number of H-pyrrole nitrogens is 1. The van der Waals surface area contributed by atoms with E-state index >= 15 is 0 Å². The molecule has 0 saturated carbocycles. The predicted molar refractivity (Wildman–Crippen MR) is 79.5 cm³/mol. The standard InChI is InChI=1S/C15H19FN4O/c1-9(2)13-12(17)14(20-19-13)15(21)18-8-7-10-5-3-4-6-11(10)16/h3-6,9H,7-8,17H2,1-2H3,(H,18,21)(H,19,20). The fraction of sp³-hybridized carbons (Fsp3) is 0.333. The fourth-order valence-corrected chi connectivity index (χ4v) is 2.07. The number of halogens is 1. The Morgan fingerprint density at radius 2 is 2.14 bits per heavy atom. The topological polar surface area (TPSA) is 83.8 Å². The lowest BCUT2D eigenvalue weighted by Gasteiger charge is -2.06. The molecule has 1 aromatic heterocycles. The lowest BCUT2D eigenvalue weighted by molar-refractivity contribution is 0.0950. The first-order chi connectivity index (χ1) is 10.0. The maximum atomic E-state index is 13.4. The van der Waals surface area contributed by atoms with Crippen LogP contribution in [0.1, 0.15) is 41.5 Å². The van der Waals surface area contributed by atoms with Gasteiger partial charge in [0.15, 0.2) is 5.69 Å². The van der Waals surface area contributed by atoms with Gasteiger partial charge in [0.1, 0.15) is 5.82 Å². The van der Waals surface area contributed by atoms with Crippen LogP contribution in [0, 0.1) is 5.82 Å². The predicted octanol–water partition coefficient (Wildman–Crippen LogP) is 2.23. The average molecular weight is 290 g/mol. The number of aromatic nitrogens is 2. The third-order valence-corrected chi connectivity index (χ3v) is 3.26. The number of benzene rings is 1. The number of hydrogen-bond acceptors (Lipinski definition) is 3. The van der Waals surface area contributed by atoms with Crippen LogP contribution < -0.4 is 11.1 Å². The summed E-state index contributed by atoms with van der Waals surface area (Å²) in [5, 5.41) is 9.42. The second-order valence-electron chi connectivity index (χ2n) is 5.15. The van der Waals surface area contributed by atoms with Gasteiger partial charge in [-0.15, -0.1) is 0 Å². The molecule has 0 radical (unpaired) electrons. The van der Waals surface area contributed by atoms with E-state index in [9.17, 15) is 9.18 Å². The number of nitrogen functional groups attached to an aromatic ring is 1. The van der Waals surface area contributed by atoms with Crippen molar-refractivity contribution in [1.29, 1.82) is 0 Å². The lowest BCUT2D eigenvalue weighted by atomic mass is 10.1. The Kier molecular flexibility index (Phi) is 4.57. The molecule has 2 rings (SSSR count). The lowest BCUT2D eigenvalue weighted by Crippen LogP contribution is -2.27. The molecule has 0 unspecified atom stereocenters. The van der Waals surface area contributed by atoms with E-state index in [-0.39, 0.29) is 23.3 Å². The Bertz CT molecular complexity index is 636. The Labute approximate surface area is 122 Å². The number of amides is 1. The number of carbonyl (C=O) groups is 1. The van der Waals surface area contributed by atoms with Gasteiger partial charge in [-0.3, -0.25) is 9.89 Å².